The van der Waals surface area contributed by atoms with Gasteiger partial charge in [-0.1, -0.05) is 6.92 Å². The number of carbonyl (C=O) groups is 2. The van der Waals surface area contributed by atoms with Crippen LogP contribution in [-0.4, -0.2) is 41.1 Å². The smallest absolute Gasteiger partial charge is 0.326 e. The number of carboxylic acids is 1. The van der Waals surface area contributed by atoms with Crippen molar-refractivity contribution in [3.05, 3.63) is 0 Å². The normalized spacial score (nSPS) is 12.4. The molecule has 0 radical (unpaired) electrons. The van der Waals surface area contributed by atoms with Crippen molar-refractivity contribution in [3.63, 3.8) is 0 Å². The molecule has 14 heavy (non-hydrogen) atoms. The molecule has 5 heteroatoms. The molecule has 2 amide bonds. The van der Waals surface area contributed by atoms with E-state index in [2.05, 4.69) is 5.32 Å². The highest BCUT2D eigenvalue weighted by Crippen LogP contribution is 1.97. The zero-order valence-corrected chi connectivity index (χ0v) is 9.07. The summed E-state index contributed by atoms with van der Waals surface area (Å²) in [6.45, 7) is 5.44. The highest BCUT2D eigenvalue weighted by molar-refractivity contribution is 5.82. The zero-order valence-electron chi connectivity index (χ0n) is 9.07. The van der Waals surface area contributed by atoms with Crippen molar-refractivity contribution in [1.82, 2.24) is 10.2 Å². The van der Waals surface area contributed by atoms with Gasteiger partial charge < -0.3 is 15.3 Å². The Morgan fingerprint density at radius 2 is 1.93 bits per heavy atom. The molecule has 0 spiro atoms. The fourth-order valence-electron chi connectivity index (χ4n) is 0.824. The maximum atomic E-state index is 11.4. The largest absolute Gasteiger partial charge is 0.480 e. The summed E-state index contributed by atoms with van der Waals surface area (Å²) in [5.41, 5.74) is 0. The van der Waals surface area contributed by atoms with Gasteiger partial charge in [-0.2, -0.15) is 0 Å². The summed E-state index contributed by atoms with van der Waals surface area (Å²) in [6, 6.07) is -1.10. The fourth-order valence-corrected chi connectivity index (χ4v) is 0.824. The standard InChI is InChI=1S/C9H18N2O3/c1-5-7(8(12)13)10-9(14)11(4)6(2)3/h6-7H,5H2,1-4H3,(H,10,14)(H,12,13). The molecule has 0 aliphatic rings. The Bertz CT molecular complexity index is 216. The number of urea groups is 1. The van der Waals surface area contributed by atoms with Gasteiger partial charge in [0.25, 0.3) is 0 Å². The molecule has 2 N–H and O–H groups in total. The number of hydrogen-bond donors (Lipinski definition) is 2. The molecule has 0 aromatic carbocycles. The first-order valence-corrected chi connectivity index (χ1v) is 4.66. The second kappa shape index (κ2) is 5.47. The number of hydrogen-bond acceptors (Lipinski definition) is 2. The summed E-state index contributed by atoms with van der Waals surface area (Å²) >= 11 is 0. The lowest BCUT2D eigenvalue weighted by Gasteiger charge is -2.23. The molecule has 0 aliphatic heterocycles. The average Bonchev–Trinajstić information content (AvgIpc) is 2.11. The molecule has 5 nitrogen and oxygen atoms in total. The van der Waals surface area contributed by atoms with E-state index in [9.17, 15) is 9.59 Å². The Hall–Kier alpha value is -1.26. The molecule has 0 heterocycles. The van der Waals surface area contributed by atoms with Crippen LogP contribution in [0, 0.1) is 0 Å². The Kier molecular flexibility index (Phi) is 4.97. The van der Waals surface area contributed by atoms with E-state index in [1.165, 1.54) is 4.90 Å². The van der Waals surface area contributed by atoms with E-state index in [0.29, 0.717) is 6.42 Å². The topological polar surface area (TPSA) is 69.6 Å². The van der Waals surface area contributed by atoms with Crippen molar-refractivity contribution >= 4 is 12.0 Å². The van der Waals surface area contributed by atoms with Crippen LogP contribution in [0.15, 0.2) is 0 Å². The van der Waals surface area contributed by atoms with Crippen molar-refractivity contribution in [2.75, 3.05) is 7.05 Å². The van der Waals surface area contributed by atoms with E-state index in [-0.39, 0.29) is 12.1 Å². The molecular weight excluding hydrogens is 184 g/mol. The van der Waals surface area contributed by atoms with Gasteiger partial charge in [0.15, 0.2) is 0 Å². The minimum atomic E-state index is -1.00. The monoisotopic (exact) mass is 202 g/mol. The van der Waals surface area contributed by atoms with Gasteiger partial charge in [0.2, 0.25) is 0 Å². The van der Waals surface area contributed by atoms with Crippen molar-refractivity contribution < 1.29 is 14.7 Å². The van der Waals surface area contributed by atoms with E-state index >= 15 is 0 Å². The molecule has 0 bridgehead atoms. The molecule has 82 valence electrons. The lowest BCUT2D eigenvalue weighted by atomic mass is 10.2. The zero-order chi connectivity index (χ0) is 11.3. The first-order valence-electron chi connectivity index (χ1n) is 4.66. The predicted octanol–water partition coefficient (Wildman–Crippen LogP) is 0.899. The van der Waals surface area contributed by atoms with Crippen LogP contribution in [0.2, 0.25) is 0 Å². The predicted molar refractivity (Wildman–Crippen MR) is 53.1 cm³/mol. The minimum Gasteiger partial charge on any atom is -0.480 e. The van der Waals surface area contributed by atoms with E-state index in [0.717, 1.165) is 0 Å². The van der Waals surface area contributed by atoms with Crippen molar-refractivity contribution in [1.29, 1.82) is 0 Å². The molecule has 0 fully saturated rings. The van der Waals surface area contributed by atoms with Crippen LogP contribution in [0.3, 0.4) is 0 Å². The third kappa shape index (κ3) is 3.64. The molecule has 1 unspecified atom stereocenters. The van der Waals surface area contributed by atoms with E-state index in [1.807, 2.05) is 13.8 Å². The number of rotatable bonds is 4. The van der Waals surface area contributed by atoms with Gasteiger partial charge in [0.1, 0.15) is 6.04 Å². The molecule has 0 aromatic heterocycles. The quantitative estimate of drug-likeness (QED) is 0.711. The maximum absolute atomic E-state index is 11.4. The number of carboxylic acid groups (broad SMARTS) is 1. The Morgan fingerprint density at radius 1 is 1.43 bits per heavy atom. The number of amides is 2. The lowest BCUT2D eigenvalue weighted by Crippen LogP contribution is -2.48. The summed E-state index contributed by atoms with van der Waals surface area (Å²) in [5, 5.41) is 11.1. The van der Waals surface area contributed by atoms with Crippen LogP contribution < -0.4 is 5.32 Å². The van der Waals surface area contributed by atoms with Gasteiger partial charge in [0, 0.05) is 13.1 Å². The molecule has 0 saturated heterocycles. The summed E-state index contributed by atoms with van der Waals surface area (Å²) in [6.07, 6.45) is 0.382. The lowest BCUT2D eigenvalue weighted by molar-refractivity contribution is -0.139. The molecule has 0 aromatic rings. The number of aliphatic carboxylic acids is 1. The van der Waals surface area contributed by atoms with E-state index in [1.54, 1.807) is 14.0 Å². The Labute approximate surface area is 84.1 Å². The van der Waals surface area contributed by atoms with Crippen LogP contribution in [0.4, 0.5) is 4.79 Å². The minimum absolute atomic E-state index is 0.0568. The van der Waals surface area contributed by atoms with Crippen LogP contribution in [0.1, 0.15) is 27.2 Å². The first kappa shape index (κ1) is 12.7. The van der Waals surface area contributed by atoms with Crippen molar-refractivity contribution in [2.45, 2.75) is 39.3 Å². The molecule has 1 atom stereocenters. The highest BCUT2D eigenvalue weighted by atomic mass is 16.4. The van der Waals surface area contributed by atoms with Gasteiger partial charge in [-0.3, -0.25) is 0 Å². The van der Waals surface area contributed by atoms with Crippen LogP contribution in [0.5, 0.6) is 0 Å². The second-order valence-electron chi connectivity index (χ2n) is 3.45. The average molecular weight is 202 g/mol. The van der Waals surface area contributed by atoms with E-state index in [4.69, 9.17) is 5.11 Å². The molecule has 0 rings (SSSR count). The maximum Gasteiger partial charge on any atom is 0.326 e. The molecule has 0 aliphatic carbocycles. The number of nitrogens with one attached hydrogen (secondary N) is 1. The summed E-state index contributed by atoms with van der Waals surface area (Å²) in [4.78, 5) is 23.5. The third-order valence-corrected chi connectivity index (χ3v) is 2.10. The van der Waals surface area contributed by atoms with Crippen LogP contribution in [0.25, 0.3) is 0 Å². The van der Waals surface area contributed by atoms with Gasteiger partial charge in [0.05, 0.1) is 0 Å². The Balaban J connectivity index is 4.22. The fraction of sp³-hybridized carbons (Fsp3) is 0.778. The number of nitrogens with zero attached hydrogens (tertiary/aromatic N) is 1. The summed E-state index contributed by atoms with van der Waals surface area (Å²) in [7, 11) is 1.63. The van der Waals surface area contributed by atoms with Crippen LogP contribution in [-0.2, 0) is 4.79 Å². The second-order valence-corrected chi connectivity index (χ2v) is 3.45. The van der Waals surface area contributed by atoms with Gasteiger partial charge in [-0.05, 0) is 20.3 Å². The molecule has 0 saturated carbocycles. The molecular formula is C9H18N2O3. The number of carbonyl (C=O) groups excluding carboxylic acids is 1. The van der Waals surface area contributed by atoms with Gasteiger partial charge >= 0.3 is 12.0 Å². The van der Waals surface area contributed by atoms with Crippen molar-refractivity contribution in [3.8, 4) is 0 Å². The Morgan fingerprint density at radius 3 is 2.21 bits per heavy atom. The van der Waals surface area contributed by atoms with Crippen molar-refractivity contribution in [2.24, 2.45) is 0 Å². The van der Waals surface area contributed by atoms with Gasteiger partial charge in [-0.15, -0.1) is 0 Å². The first-order chi connectivity index (χ1) is 6.40. The highest BCUT2D eigenvalue weighted by Gasteiger charge is 2.20. The summed E-state index contributed by atoms with van der Waals surface area (Å²) < 4.78 is 0. The third-order valence-electron chi connectivity index (χ3n) is 2.10. The SMILES string of the molecule is CCC(NC(=O)N(C)C(C)C)C(=O)O. The van der Waals surface area contributed by atoms with E-state index < -0.39 is 12.0 Å². The summed E-state index contributed by atoms with van der Waals surface area (Å²) in [5.74, 6) is -1.00. The van der Waals surface area contributed by atoms with Gasteiger partial charge in [-0.25, -0.2) is 9.59 Å². The van der Waals surface area contributed by atoms with Crippen LogP contribution >= 0.6 is 0 Å².